The Kier molecular flexibility index (Phi) is 14.3. The molecule has 4 nitrogen and oxygen atoms in total. The van der Waals surface area contributed by atoms with Gasteiger partial charge in [0.1, 0.15) is 0 Å². The zero-order valence-electron chi connectivity index (χ0n) is 12.7. The van der Waals surface area contributed by atoms with Crippen LogP contribution in [0.3, 0.4) is 0 Å². The number of rotatable bonds is 15. The van der Waals surface area contributed by atoms with E-state index in [0.29, 0.717) is 0 Å². The summed E-state index contributed by atoms with van der Waals surface area (Å²) in [6.45, 7) is 0.510. The van der Waals surface area contributed by atoms with Crippen LogP contribution < -0.4 is 0 Å². The van der Waals surface area contributed by atoms with Crippen LogP contribution in [0.25, 0.3) is 0 Å². The third-order valence-electron chi connectivity index (χ3n) is 3.77. The van der Waals surface area contributed by atoms with E-state index in [-0.39, 0.29) is 19.1 Å². The molecule has 1 unspecified atom stereocenters. The van der Waals surface area contributed by atoms with Gasteiger partial charge in [-0.1, -0.05) is 51.4 Å². The van der Waals surface area contributed by atoms with Gasteiger partial charge in [-0.3, -0.25) is 4.79 Å². The van der Waals surface area contributed by atoms with Crippen LogP contribution >= 0.6 is 0 Å². The number of unbranched alkanes of at least 4 members (excludes halogenated alkanes) is 8. The van der Waals surface area contributed by atoms with Gasteiger partial charge >= 0.3 is 5.97 Å². The number of carboxylic acids is 1. The van der Waals surface area contributed by atoms with Crippen LogP contribution in [0, 0.1) is 5.92 Å². The Hall–Kier alpha value is -0.610. The van der Waals surface area contributed by atoms with Crippen LogP contribution in [0.1, 0.15) is 77.0 Å². The predicted molar refractivity (Wildman–Crippen MR) is 80.7 cm³/mol. The van der Waals surface area contributed by atoms with Crippen molar-refractivity contribution >= 4 is 5.97 Å². The Morgan fingerprint density at radius 2 is 1.00 bits per heavy atom. The molecule has 0 fully saturated rings. The van der Waals surface area contributed by atoms with Gasteiger partial charge in [-0.2, -0.15) is 0 Å². The molecule has 0 rings (SSSR count). The SMILES string of the molecule is O=C(O)C(CCCCCCO)CCCCCCCCO. The van der Waals surface area contributed by atoms with Gasteiger partial charge in [-0.05, 0) is 25.7 Å². The van der Waals surface area contributed by atoms with Crippen molar-refractivity contribution in [1.29, 1.82) is 0 Å². The van der Waals surface area contributed by atoms with E-state index in [4.69, 9.17) is 10.2 Å². The Labute approximate surface area is 123 Å². The zero-order chi connectivity index (χ0) is 15.1. The minimum absolute atomic E-state index is 0.193. The maximum atomic E-state index is 11.2. The molecule has 0 bridgehead atoms. The molecule has 0 amide bonds. The lowest BCUT2D eigenvalue weighted by Crippen LogP contribution is -2.13. The van der Waals surface area contributed by atoms with Gasteiger partial charge in [-0.25, -0.2) is 0 Å². The van der Waals surface area contributed by atoms with Gasteiger partial charge in [0.25, 0.3) is 0 Å². The average molecular weight is 288 g/mol. The van der Waals surface area contributed by atoms with Crippen LogP contribution in [-0.2, 0) is 4.79 Å². The molecule has 0 aromatic rings. The van der Waals surface area contributed by atoms with Crippen molar-refractivity contribution in [2.75, 3.05) is 13.2 Å². The third kappa shape index (κ3) is 12.4. The highest BCUT2D eigenvalue weighted by Gasteiger charge is 2.16. The van der Waals surface area contributed by atoms with Crippen molar-refractivity contribution in [3.63, 3.8) is 0 Å². The minimum Gasteiger partial charge on any atom is -0.481 e. The van der Waals surface area contributed by atoms with Crippen LogP contribution in [0.15, 0.2) is 0 Å². The average Bonchev–Trinajstić information content (AvgIpc) is 2.43. The lowest BCUT2D eigenvalue weighted by molar-refractivity contribution is -0.142. The zero-order valence-corrected chi connectivity index (χ0v) is 12.7. The highest BCUT2D eigenvalue weighted by atomic mass is 16.4. The Morgan fingerprint density at radius 3 is 1.35 bits per heavy atom. The highest BCUT2D eigenvalue weighted by molar-refractivity contribution is 5.69. The van der Waals surface area contributed by atoms with Gasteiger partial charge in [0, 0.05) is 13.2 Å². The molecule has 1 atom stereocenters. The van der Waals surface area contributed by atoms with E-state index in [9.17, 15) is 9.90 Å². The summed E-state index contributed by atoms with van der Waals surface area (Å²) in [5.74, 6) is -0.853. The lowest BCUT2D eigenvalue weighted by atomic mass is 9.94. The fourth-order valence-corrected chi connectivity index (χ4v) is 2.46. The first kappa shape index (κ1) is 19.4. The Morgan fingerprint density at radius 1 is 0.650 bits per heavy atom. The van der Waals surface area contributed by atoms with Crippen molar-refractivity contribution in [2.24, 2.45) is 5.92 Å². The van der Waals surface area contributed by atoms with Gasteiger partial charge in [0.05, 0.1) is 5.92 Å². The number of carboxylic acid groups (broad SMARTS) is 1. The fraction of sp³-hybridized carbons (Fsp3) is 0.938. The first-order chi connectivity index (χ1) is 9.72. The molecule has 4 heteroatoms. The summed E-state index contributed by atoms with van der Waals surface area (Å²) in [6, 6.07) is 0. The summed E-state index contributed by atoms with van der Waals surface area (Å²) in [5.41, 5.74) is 0. The van der Waals surface area contributed by atoms with Crippen molar-refractivity contribution in [2.45, 2.75) is 77.0 Å². The molecular formula is C16H32O4. The number of aliphatic hydroxyl groups excluding tert-OH is 2. The van der Waals surface area contributed by atoms with Crippen molar-refractivity contribution in [3.8, 4) is 0 Å². The van der Waals surface area contributed by atoms with Gasteiger partial charge in [0.2, 0.25) is 0 Å². The van der Waals surface area contributed by atoms with Crippen LogP contribution in [0.4, 0.5) is 0 Å². The first-order valence-electron chi connectivity index (χ1n) is 8.17. The second kappa shape index (κ2) is 14.8. The van der Waals surface area contributed by atoms with E-state index < -0.39 is 5.97 Å². The maximum absolute atomic E-state index is 11.2. The molecule has 0 aromatic heterocycles. The molecule has 0 saturated heterocycles. The van der Waals surface area contributed by atoms with E-state index in [2.05, 4.69) is 0 Å². The van der Waals surface area contributed by atoms with E-state index in [1.165, 1.54) is 0 Å². The van der Waals surface area contributed by atoms with E-state index in [1.54, 1.807) is 0 Å². The molecule has 0 radical (unpaired) electrons. The number of carbonyl (C=O) groups is 1. The molecule has 0 aromatic carbocycles. The summed E-state index contributed by atoms with van der Waals surface area (Å²) in [6.07, 6.45) is 11.7. The van der Waals surface area contributed by atoms with E-state index in [0.717, 1.165) is 77.0 Å². The highest BCUT2D eigenvalue weighted by Crippen LogP contribution is 2.19. The topological polar surface area (TPSA) is 77.8 Å². The largest absolute Gasteiger partial charge is 0.481 e. The molecule has 0 aliphatic heterocycles. The molecule has 0 spiro atoms. The smallest absolute Gasteiger partial charge is 0.306 e. The van der Waals surface area contributed by atoms with E-state index >= 15 is 0 Å². The minimum atomic E-state index is -0.660. The van der Waals surface area contributed by atoms with Gasteiger partial charge in [0.15, 0.2) is 0 Å². The van der Waals surface area contributed by atoms with Crippen molar-refractivity contribution < 1.29 is 20.1 Å². The Balaban J connectivity index is 3.52. The third-order valence-corrected chi connectivity index (χ3v) is 3.77. The maximum Gasteiger partial charge on any atom is 0.306 e. The van der Waals surface area contributed by atoms with Crippen molar-refractivity contribution in [1.82, 2.24) is 0 Å². The standard InChI is InChI=1S/C16H32O4/c17-13-9-5-2-1-3-7-11-15(16(19)20)12-8-4-6-10-14-18/h15,17-18H,1-14H2,(H,19,20). The summed E-state index contributed by atoms with van der Waals surface area (Å²) in [4.78, 5) is 11.2. The van der Waals surface area contributed by atoms with Gasteiger partial charge in [-0.15, -0.1) is 0 Å². The molecule has 0 aliphatic rings. The van der Waals surface area contributed by atoms with Crippen LogP contribution in [0.5, 0.6) is 0 Å². The fourth-order valence-electron chi connectivity index (χ4n) is 2.46. The molecule has 3 N–H and O–H groups in total. The normalized spacial score (nSPS) is 12.5. The molecule has 120 valence electrons. The lowest BCUT2D eigenvalue weighted by Gasteiger charge is -2.12. The van der Waals surface area contributed by atoms with Crippen LogP contribution in [0.2, 0.25) is 0 Å². The molecule has 0 saturated carbocycles. The summed E-state index contributed by atoms with van der Waals surface area (Å²) < 4.78 is 0. The summed E-state index contributed by atoms with van der Waals surface area (Å²) >= 11 is 0. The molecule has 0 aliphatic carbocycles. The second-order valence-corrected chi connectivity index (χ2v) is 5.60. The Bertz CT molecular complexity index is 219. The number of aliphatic carboxylic acids is 1. The molecular weight excluding hydrogens is 256 g/mol. The summed E-state index contributed by atoms with van der Waals surface area (Å²) in [7, 11) is 0. The summed E-state index contributed by atoms with van der Waals surface area (Å²) in [5, 5.41) is 26.5. The molecule has 0 heterocycles. The van der Waals surface area contributed by atoms with Crippen molar-refractivity contribution in [3.05, 3.63) is 0 Å². The molecule has 20 heavy (non-hydrogen) atoms. The number of hydrogen-bond donors (Lipinski definition) is 3. The quantitative estimate of drug-likeness (QED) is 0.404. The second-order valence-electron chi connectivity index (χ2n) is 5.60. The van der Waals surface area contributed by atoms with E-state index in [1.807, 2.05) is 0 Å². The number of aliphatic hydroxyl groups is 2. The first-order valence-corrected chi connectivity index (χ1v) is 8.17. The monoisotopic (exact) mass is 288 g/mol. The van der Waals surface area contributed by atoms with Crippen LogP contribution in [-0.4, -0.2) is 34.5 Å². The predicted octanol–water partition coefficient (Wildman–Crippen LogP) is 3.35. The number of hydrogen-bond acceptors (Lipinski definition) is 3. The van der Waals surface area contributed by atoms with Gasteiger partial charge < -0.3 is 15.3 Å².